The lowest BCUT2D eigenvalue weighted by atomic mass is 10.1. The molecule has 3 heterocycles. The van der Waals surface area contributed by atoms with E-state index in [0.717, 1.165) is 53.5 Å². The summed E-state index contributed by atoms with van der Waals surface area (Å²) < 4.78 is 15.7. The molecule has 0 amide bonds. The summed E-state index contributed by atoms with van der Waals surface area (Å²) >= 11 is 0. The lowest BCUT2D eigenvalue weighted by Gasteiger charge is -2.12. The van der Waals surface area contributed by atoms with Gasteiger partial charge >= 0.3 is 0 Å². The highest BCUT2D eigenvalue weighted by Crippen LogP contribution is 2.19. The van der Waals surface area contributed by atoms with Gasteiger partial charge in [0, 0.05) is 43.7 Å². The van der Waals surface area contributed by atoms with Gasteiger partial charge in [0.05, 0.1) is 6.54 Å². The first-order valence-corrected chi connectivity index (χ1v) is 9.85. The molecule has 0 saturated carbocycles. The van der Waals surface area contributed by atoms with Gasteiger partial charge < -0.3 is 20.2 Å². The van der Waals surface area contributed by atoms with Gasteiger partial charge in [0.15, 0.2) is 11.8 Å². The summed E-state index contributed by atoms with van der Waals surface area (Å²) in [5, 5.41) is 16.2. The second-order valence-electron chi connectivity index (χ2n) is 7.10. The molecule has 9 heteroatoms. The van der Waals surface area contributed by atoms with Crippen LogP contribution in [0.3, 0.4) is 0 Å². The van der Waals surface area contributed by atoms with Crippen LogP contribution >= 0.6 is 24.0 Å². The smallest absolute Gasteiger partial charge is 0.191 e. The molecule has 2 aromatic heterocycles. The van der Waals surface area contributed by atoms with Gasteiger partial charge in [-0.2, -0.15) is 0 Å². The summed E-state index contributed by atoms with van der Waals surface area (Å²) in [4.78, 5) is 7.47. The molecule has 0 radical (unpaired) electrons. The molecule has 156 valence electrons. The Hall–Kier alpha value is -2.17. The summed E-state index contributed by atoms with van der Waals surface area (Å²) in [6, 6.07) is 4.81. The number of benzene rings is 1. The van der Waals surface area contributed by atoms with Crippen LogP contribution in [0.1, 0.15) is 36.5 Å². The normalized spacial score (nSPS) is 14.2. The average Bonchev–Trinajstić information content (AvgIpc) is 3.20. The molecular weight excluding hydrogens is 484 g/mol. The number of aromatic amines is 1. The first-order chi connectivity index (χ1) is 13.7. The largest absolute Gasteiger partial charge is 0.361 e. The summed E-state index contributed by atoms with van der Waals surface area (Å²) in [5.74, 6) is 2.54. The highest BCUT2D eigenvalue weighted by atomic mass is 127. The van der Waals surface area contributed by atoms with Crippen LogP contribution in [-0.2, 0) is 25.9 Å². The number of aromatic nitrogens is 4. The lowest BCUT2D eigenvalue weighted by molar-refractivity contribution is 0.596. The number of nitrogens with one attached hydrogen (secondary N) is 3. The zero-order valence-corrected chi connectivity index (χ0v) is 18.9. The van der Waals surface area contributed by atoms with Gasteiger partial charge in [-0.25, -0.2) is 4.39 Å². The van der Waals surface area contributed by atoms with E-state index in [-0.39, 0.29) is 29.8 Å². The molecule has 7 nitrogen and oxygen atoms in total. The van der Waals surface area contributed by atoms with E-state index in [1.54, 1.807) is 19.2 Å². The van der Waals surface area contributed by atoms with Crippen LogP contribution in [0.2, 0.25) is 0 Å². The van der Waals surface area contributed by atoms with Gasteiger partial charge in [-0.3, -0.25) is 4.99 Å². The fraction of sp³-hybridized carbons (Fsp3) is 0.450. The fourth-order valence-electron chi connectivity index (χ4n) is 3.73. The standard InChI is InChI=1S/C20H26FN7.HI/c1-22-20(25-13-19-27-26-18-5-3-2-4-10-28(18)19)23-9-8-14-12-24-17-7-6-15(21)11-16(14)17;/h6-7,11-12,24H,2-5,8-10,13H2,1H3,(H2,22,23,25);1H. The predicted octanol–water partition coefficient (Wildman–Crippen LogP) is 3.15. The number of nitrogens with zero attached hydrogens (tertiary/aromatic N) is 4. The van der Waals surface area contributed by atoms with Crippen molar-refractivity contribution in [3.8, 4) is 0 Å². The first-order valence-electron chi connectivity index (χ1n) is 9.85. The number of aryl methyl sites for hydroxylation is 1. The van der Waals surface area contributed by atoms with Crippen molar-refractivity contribution in [2.75, 3.05) is 13.6 Å². The quantitative estimate of drug-likeness (QED) is 0.279. The van der Waals surface area contributed by atoms with E-state index in [9.17, 15) is 4.39 Å². The van der Waals surface area contributed by atoms with Crippen molar-refractivity contribution in [3.63, 3.8) is 0 Å². The maximum Gasteiger partial charge on any atom is 0.191 e. The molecule has 0 unspecified atom stereocenters. The molecular formula is C20H27FIN7. The van der Waals surface area contributed by atoms with Crippen molar-refractivity contribution in [3.05, 3.63) is 47.4 Å². The lowest BCUT2D eigenvalue weighted by Crippen LogP contribution is -2.38. The maximum atomic E-state index is 13.5. The highest BCUT2D eigenvalue weighted by Gasteiger charge is 2.14. The average molecular weight is 511 g/mol. The molecule has 0 spiro atoms. The Morgan fingerprint density at radius 3 is 3.00 bits per heavy atom. The maximum absolute atomic E-state index is 13.5. The van der Waals surface area contributed by atoms with E-state index in [4.69, 9.17) is 0 Å². The van der Waals surface area contributed by atoms with Crippen molar-refractivity contribution in [2.24, 2.45) is 4.99 Å². The van der Waals surface area contributed by atoms with Crippen molar-refractivity contribution in [1.29, 1.82) is 0 Å². The number of fused-ring (bicyclic) bond motifs is 2. The van der Waals surface area contributed by atoms with E-state index >= 15 is 0 Å². The number of H-pyrrole nitrogens is 1. The molecule has 0 bridgehead atoms. The van der Waals surface area contributed by atoms with Crippen LogP contribution in [0, 0.1) is 5.82 Å². The van der Waals surface area contributed by atoms with E-state index < -0.39 is 0 Å². The molecule has 1 aliphatic rings. The summed E-state index contributed by atoms with van der Waals surface area (Å²) in [7, 11) is 1.75. The monoisotopic (exact) mass is 511 g/mol. The predicted molar refractivity (Wildman–Crippen MR) is 123 cm³/mol. The Morgan fingerprint density at radius 1 is 1.24 bits per heavy atom. The number of hydrogen-bond acceptors (Lipinski definition) is 3. The zero-order chi connectivity index (χ0) is 19.3. The van der Waals surface area contributed by atoms with E-state index in [0.29, 0.717) is 13.1 Å². The van der Waals surface area contributed by atoms with Gasteiger partial charge in [-0.05, 0) is 43.0 Å². The van der Waals surface area contributed by atoms with Crippen molar-refractivity contribution >= 4 is 40.8 Å². The summed E-state index contributed by atoms with van der Waals surface area (Å²) in [6.07, 6.45) is 7.32. The third-order valence-electron chi connectivity index (χ3n) is 5.24. The molecule has 1 aliphatic heterocycles. The van der Waals surface area contributed by atoms with Crippen LogP contribution in [-0.4, -0.2) is 39.3 Å². The van der Waals surface area contributed by atoms with Crippen LogP contribution in [0.25, 0.3) is 10.9 Å². The van der Waals surface area contributed by atoms with Gasteiger partial charge in [0.25, 0.3) is 0 Å². The van der Waals surface area contributed by atoms with Gasteiger partial charge in [0.2, 0.25) is 0 Å². The molecule has 4 rings (SSSR count). The third kappa shape index (κ3) is 5.06. The number of rotatable bonds is 5. The van der Waals surface area contributed by atoms with E-state index in [1.165, 1.54) is 25.3 Å². The Balaban J connectivity index is 0.00000240. The second kappa shape index (κ2) is 10.0. The van der Waals surface area contributed by atoms with Crippen LogP contribution in [0.15, 0.2) is 29.4 Å². The highest BCUT2D eigenvalue weighted by molar-refractivity contribution is 14.0. The molecule has 0 saturated heterocycles. The topological polar surface area (TPSA) is 82.9 Å². The minimum atomic E-state index is -0.216. The summed E-state index contributed by atoms with van der Waals surface area (Å²) in [6.45, 7) is 2.27. The van der Waals surface area contributed by atoms with Gasteiger partial charge in [-0.1, -0.05) is 6.42 Å². The van der Waals surface area contributed by atoms with Crippen molar-refractivity contribution in [1.82, 2.24) is 30.4 Å². The number of aliphatic imine (C=N–C) groups is 1. The zero-order valence-electron chi connectivity index (χ0n) is 16.5. The van der Waals surface area contributed by atoms with Crippen molar-refractivity contribution < 1.29 is 4.39 Å². The molecule has 0 aliphatic carbocycles. The molecule has 0 atom stereocenters. The minimum Gasteiger partial charge on any atom is -0.361 e. The summed E-state index contributed by atoms with van der Waals surface area (Å²) in [5.41, 5.74) is 2.03. The van der Waals surface area contributed by atoms with Gasteiger partial charge in [0.1, 0.15) is 11.6 Å². The Bertz CT molecular complexity index is 979. The Kier molecular flexibility index (Phi) is 7.45. The number of guanidine groups is 1. The SMILES string of the molecule is CN=C(NCCc1c[nH]c2ccc(F)cc12)NCc1nnc2n1CCCCC2.I. The van der Waals surface area contributed by atoms with Gasteiger partial charge in [-0.15, -0.1) is 34.2 Å². The van der Waals surface area contributed by atoms with E-state index in [2.05, 4.69) is 35.4 Å². The molecule has 1 aromatic carbocycles. The van der Waals surface area contributed by atoms with E-state index in [1.807, 2.05) is 6.20 Å². The third-order valence-corrected chi connectivity index (χ3v) is 5.24. The van der Waals surface area contributed by atoms with Crippen LogP contribution in [0.4, 0.5) is 4.39 Å². The molecule has 3 N–H and O–H groups in total. The molecule has 3 aromatic rings. The minimum absolute atomic E-state index is 0. The van der Waals surface area contributed by atoms with Crippen LogP contribution in [0.5, 0.6) is 0 Å². The molecule has 0 fully saturated rings. The number of halogens is 2. The fourth-order valence-corrected chi connectivity index (χ4v) is 3.73. The first kappa shape index (κ1) is 21.5. The second-order valence-corrected chi connectivity index (χ2v) is 7.10. The van der Waals surface area contributed by atoms with Crippen LogP contribution < -0.4 is 10.6 Å². The van der Waals surface area contributed by atoms with Crippen molar-refractivity contribution in [2.45, 2.75) is 45.2 Å². The Morgan fingerprint density at radius 2 is 2.14 bits per heavy atom. The Labute approximate surface area is 186 Å². The molecule has 29 heavy (non-hydrogen) atoms. The number of hydrogen-bond donors (Lipinski definition) is 3.